The van der Waals surface area contributed by atoms with Gasteiger partial charge in [0, 0.05) is 6.42 Å². The SMILES string of the molecule is CCC(C)C(NC(=O)[C@H](CCC(=O)OC(C)(C)C)NC(=O)[C@@H](NC(=O)OCc1ccccc1)C(C)O)C(=O)O. The van der Waals surface area contributed by atoms with E-state index in [-0.39, 0.29) is 19.4 Å². The Hall–Kier alpha value is -3.67. The van der Waals surface area contributed by atoms with Crippen molar-refractivity contribution in [2.45, 2.75) is 97.2 Å². The van der Waals surface area contributed by atoms with E-state index in [4.69, 9.17) is 9.47 Å². The van der Waals surface area contributed by atoms with Crippen LogP contribution in [0.3, 0.4) is 0 Å². The Balaban J connectivity index is 3.00. The summed E-state index contributed by atoms with van der Waals surface area (Å²) in [6.07, 6.45) is -2.37. The number of nitrogens with one attached hydrogen (secondary N) is 3. The van der Waals surface area contributed by atoms with Gasteiger partial charge in [-0.1, -0.05) is 50.6 Å². The predicted molar refractivity (Wildman–Crippen MR) is 141 cm³/mol. The zero-order chi connectivity index (χ0) is 29.8. The van der Waals surface area contributed by atoms with Crippen molar-refractivity contribution in [1.82, 2.24) is 16.0 Å². The van der Waals surface area contributed by atoms with E-state index in [1.807, 2.05) is 0 Å². The van der Waals surface area contributed by atoms with Crippen LogP contribution in [0.25, 0.3) is 0 Å². The highest BCUT2D eigenvalue weighted by Gasteiger charge is 2.33. The maximum atomic E-state index is 13.1. The van der Waals surface area contributed by atoms with Crippen molar-refractivity contribution in [3.05, 3.63) is 35.9 Å². The summed E-state index contributed by atoms with van der Waals surface area (Å²) < 4.78 is 10.4. The number of hydrogen-bond donors (Lipinski definition) is 5. The van der Waals surface area contributed by atoms with E-state index in [1.54, 1.807) is 65.0 Å². The van der Waals surface area contributed by atoms with Crippen LogP contribution in [0.4, 0.5) is 4.79 Å². The van der Waals surface area contributed by atoms with Crippen molar-refractivity contribution in [3.8, 4) is 0 Å². The molecule has 1 rings (SSSR count). The molecule has 0 radical (unpaired) electrons. The minimum atomic E-state index is -1.50. The first-order valence-electron chi connectivity index (χ1n) is 12.8. The van der Waals surface area contributed by atoms with Crippen LogP contribution in [0, 0.1) is 5.92 Å². The van der Waals surface area contributed by atoms with Crippen molar-refractivity contribution in [1.29, 1.82) is 0 Å². The summed E-state index contributed by atoms with van der Waals surface area (Å²) >= 11 is 0. The lowest BCUT2D eigenvalue weighted by Crippen LogP contribution is -2.58. The van der Waals surface area contributed by atoms with Gasteiger partial charge in [0.05, 0.1) is 6.10 Å². The minimum Gasteiger partial charge on any atom is -0.480 e. The van der Waals surface area contributed by atoms with Crippen LogP contribution in [0.2, 0.25) is 0 Å². The molecule has 3 amide bonds. The van der Waals surface area contributed by atoms with E-state index in [1.165, 1.54) is 6.92 Å². The first-order chi connectivity index (χ1) is 18.1. The quantitative estimate of drug-likeness (QED) is 0.216. The average molecular weight is 552 g/mol. The van der Waals surface area contributed by atoms with Crippen LogP contribution >= 0.6 is 0 Å². The molecule has 12 heteroatoms. The fourth-order valence-electron chi connectivity index (χ4n) is 3.42. The van der Waals surface area contributed by atoms with Gasteiger partial charge >= 0.3 is 18.0 Å². The van der Waals surface area contributed by atoms with Crippen LogP contribution < -0.4 is 16.0 Å². The summed E-state index contributed by atoms with van der Waals surface area (Å²) in [5.41, 5.74) is -0.0660. The summed E-state index contributed by atoms with van der Waals surface area (Å²) in [4.78, 5) is 62.4. The van der Waals surface area contributed by atoms with Crippen molar-refractivity contribution >= 4 is 29.8 Å². The molecule has 5 N–H and O–H groups in total. The topological polar surface area (TPSA) is 180 Å². The number of carbonyl (C=O) groups excluding carboxylic acids is 4. The number of amides is 3. The molecule has 0 spiro atoms. The number of aliphatic hydroxyl groups is 1. The lowest BCUT2D eigenvalue weighted by Gasteiger charge is -2.27. The number of esters is 1. The normalized spacial score (nSPS) is 15.1. The Labute approximate surface area is 228 Å². The summed E-state index contributed by atoms with van der Waals surface area (Å²) in [6, 6.07) is 4.71. The van der Waals surface area contributed by atoms with Gasteiger partial charge in [0.15, 0.2) is 0 Å². The molecule has 12 nitrogen and oxygen atoms in total. The Morgan fingerprint density at radius 1 is 0.923 bits per heavy atom. The molecule has 0 aromatic heterocycles. The lowest BCUT2D eigenvalue weighted by molar-refractivity contribution is -0.155. The Morgan fingerprint density at radius 3 is 2.05 bits per heavy atom. The second-order valence-corrected chi connectivity index (χ2v) is 10.3. The van der Waals surface area contributed by atoms with E-state index in [0.717, 1.165) is 0 Å². The van der Waals surface area contributed by atoms with E-state index < -0.39 is 65.6 Å². The third-order valence-corrected chi connectivity index (χ3v) is 5.72. The molecule has 1 aromatic carbocycles. The fourth-order valence-corrected chi connectivity index (χ4v) is 3.42. The molecule has 0 aliphatic heterocycles. The first-order valence-corrected chi connectivity index (χ1v) is 12.8. The molecule has 0 bridgehead atoms. The Morgan fingerprint density at radius 2 is 1.54 bits per heavy atom. The van der Waals surface area contributed by atoms with Gasteiger partial charge in [-0.25, -0.2) is 9.59 Å². The van der Waals surface area contributed by atoms with E-state index >= 15 is 0 Å². The molecule has 3 unspecified atom stereocenters. The van der Waals surface area contributed by atoms with Crippen LogP contribution in [-0.2, 0) is 35.3 Å². The highest BCUT2D eigenvalue weighted by atomic mass is 16.6. The van der Waals surface area contributed by atoms with E-state index in [0.29, 0.717) is 12.0 Å². The van der Waals surface area contributed by atoms with Crippen molar-refractivity contribution in [3.63, 3.8) is 0 Å². The zero-order valence-corrected chi connectivity index (χ0v) is 23.4. The molecule has 0 saturated carbocycles. The number of benzene rings is 1. The number of alkyl carbamates (subject to hydrolysis) is 1. The molecule has 0 aliphatic carbocycles. The van der Waals surface area contributed by atoms with Gasteiger partial charge in [-0.3, -0.25) is 14.4 Å². The van der Waals surface area contributed by atoms with Gasteiger partial charge in [-0.15, -0.1) is 0 Å². The van der Waals surface area contributed by atoms with Gasteiger partial charge in [0.25, 0.3) is 0 Å². The molecule has 0 fully saturated rings. The standard InChI is InChI=1S/C27H41N3O9/c1-7-16(2)21(25(35)36)29-23(33)19(13-14-20(32)39-27(4,5)6)28-24(34)22(17(3)31)30-26(37)38-15-18-11-9-8-10-12-18/h8-12,16-17,19,21-22,31H,7,13-15H2,1-6H3,(H,28,34)(H,29,33)(H,30,37)(H,35,36)/t16?,17?,19-,21?,22-/m0/s1. The summed E-state index contributed by atoms with van der Waals surface area (Å²) in [6.45, 7) is 9.64. The van der Waals surface area contributed by atoms with Crippen LogP contribution in [0.1, 0.15) is 66.4 Å². The number of hydrogen-bond acceptors (Lipinski definition) is 8. The monoisotopic (exact) mass is 551 g/mol. The second kappa shape index (κ2) is 15.7. The minimum absolute atomic E-state index is 0.0755. The predicted octanol–water partition coefficient (Wildman–Crippen LogP) is 1.88. The number of ether oxygens (including phenoxy) is 2. The van der Waals surface area contributed by atoms with Crippen molar-refractivity contribution in [2.24, 2.45) is 5.92 Å². The molecule has 5 atom stereocenters. The van der Waals surface area contributed by atoms with Gasteiger partial charge in [-0.05, 0) is 45.6 Å². The number of aliphatic carboxylic acids is 1. The maximum absolute atomic E-state index is 13.1. The van der Waals surface area contributed by atoms with Gasteiger partial charge < -0.3 is 35.6 Å². The molecule has 0 aliphatic rings. The second-order valence-electron chi connectivity index (χ2n) is 10.3. The molecular formula is C27H41N3O9. The molecular weight excluding hydrogens is 510 g/mol. The largest absolute Gasteiger partial charge is 0.480 e. The van der Waals surface area contributed by atoms with Gasteiger partial charge in [0.1, 0.15) is 30.3 Å². The Kier molecular flexibility index (Phi) is 13.4. The number of carbonyl (C=O) groups is 5. The third-order valence-electron chi connectivity index (χ3n) is 5.72. The van der Waals surface area contributed by atoms with Crippen molar-refractivity contribution < 1.29 is 43.7 Å². The van der Waals surface area contributed by atoms with Gasteiger partial charge in [-0.2, -0.15) is 0 Å². The van der Waals surface area contributed by atoms with Crippen LogP contribution in [0.5, 0.6) is 0 Å². The molecule has 0 heterocycles. The average Bonchev–Trinajstić information content (AvgIpc) is 2.85. The molecule has 1 aromatic rings. The smallest absolute Gasteiger partial charge is 0.408 e. The first kappa shape index (κ1) is 33.4. The van der Waals surface area contributed by atoms with Crippen LogP contribution in [-0.4, -0.2) is 69.9 Å². The fraction of sp³-hybridized carbons (Fsp3) is 0.593. The maximum Gasteiger partial charge on any atom is 0.408 e. The molecule has 39 heavy (non-hydrogen) atoms. The number of rotatable bonds is 14. The Bertz CT molecular complexity index is 976. The third kappa shape index (κ3) is 12.6. The highest BCUT2D eigenvalue weighted by molar-refractivity contribution is 5.93. The molecule has 218 valence electrons. The summed E-state index contributed by atoms with van der Waals surface area (Å²) in [7, 11) is 0. The number of aliphatic hydroxyl groups excluding tert-OH is 1. The summed E-state index contributed by atoms with van der Waals surface area (Å²) in [5.74, 6) is -4.06. The number of carboxylic acids is 1. The van der Waals surface area contributed by atoms with E-state index in [2.05, 4.69) is 16.0 Å². The summed E-state index contributed by atoms with van der Waals surface area (Å²) in [5, 5.41) is 26.8. The number of carboxylic acid groups (broad SMARTS) is 1. The lowest BCUT2D eigenvalue weighted by atomic mass is 9.98. The molecule has 0 saturated heterocycles. The highest BCUT2D eigenvalue weighted by Crippen LogP contribution is 2.12. The van der Waals surface area contributed by atoms with E-state index in [9.17, 15) is 34.2 Å². The van der Waals surface area contributed by atoms with Gasteiger partial charge in [0.2, 0.25) is 11.8 Å². The van der Waals surface area contributed by atoms with Crippen molar-refractivity contribution in [2.75, 3.05) is 0 Å². The van der Waals surface area contributed by atoms with Crippen LogP contribution in [0.15, 0.2) is 30.3 Å². The zero-order valence-electron chi connectivity index (χ0n) is 23.4.